The van der Waals surface area contributed by atoms with Crippen molar-refractivity contribution >= 4 is 43.2 Å². The van der Waals surface area contributed by atoms with E-state index in [1.54, 1.807) is 18.4 Å². The molecule has 0 saturated heterocycles. The fraction of sp³-hybridized carbons (Fsp3) is 0.286. The van der Waals surface area contributed by atoms with Crippen molar-refractivity contribution in [3.63, 3.8) is 0 Å². The lowest BCUT2D eigenvalue weighted by Gasteiger charge is -2.19. The van der Waals surface area contributed by atoms with Gasteiger partial charge in [0, 0.05) is 31.8 Å². The van der Waals surface area contributed by atoms with E-state index in [1.165, 1.54) is 14.9 Å². The zero-order valence-corrected chi connectivity index (χ0v) is 14.7. The SMILES string of the molecule is CNC(Cc1sccc1Br)c1ccc(Br)cc1OC. The van der Waals surface area contributed by atoms with Crippen molar-refractivity contribution in [1.29, 1.82) is 0 Å². The van der Waals surface area contributed by atoms with Crippen molar-refractivity contribution in [3.8, 4) is 5.75 Å². The van der Waals surface area contributed by atoms with Crippen LogP contribution in [0.1, 0.15) is 16.5 Å². The third-order valence-corrected chi connectivity index (χ3v) is 5.44. The van der Waals surface area contributed by atoms with Crippen LogP contribution >= 0.6 is 43.2 Å². The number of nitrogens with one attached hydrogen (secondary N) is 1. The van der Waals surface area contributed by atoms with E-state index in [2.05, 4.69) is 54.7 Å². The number of ether oxygens (including phenoxy) is 1. The average Bonchev–Trinajstić information content (AvgIpc) is 2.81. The second-order valence-corrected chi connectivity index (χ2v) is 6.89. The number of hydrogen-bond donors (Lipinski definition) is 1. The molecule has 102 valence electrons. The number of methoxy groups -OCH3 is 1. The summed E-state index contributed by atoms with van der Waals surface area (Å²) in [6.07, 6.45) is 0.937. The number of benzene rings is 1. The zero-order chi connectivity index (χ0) is 13.8. The molecule has 1 aromatic carbocycles. The topological polar surface area (TPSA) is 21.3 Å². The van der Waals surface area contributed by atoms with Crippen molar-refractivity contribution in [2.75, 3.05) is 14.2 Å². The van der Waals surface area contributed by atoms with Crippen LogP contribution in [0.5, 0.6) is 5.75 Å². The molecule has 2 nitrogen and oxygen atoms in total. The van der Waals surface area contributed by atoms with E-state index >= 15 is 0 Å². The number of hydrogen-bond acceptors (Lipinski definition) is 3. The summed E-state index contributed by atoms with van der Waals surface area (Å²) < 4.78 is 7.68. The first-order valence-corrected chi connectivity index (χ1v) is 8.35. The molecule has 0 aliphatic rings. The maximum atomic E-state index is 5.48. The number of rotatable bonds is 5. The Morgan fingerprint density at radius 3 is 2.68 bits per heavy atom. The highest BCUT2D eigenvalue weighted by Gasteiger charge is 2.17. The molecule has 1 N–H and O–H groups in total. The van der Waals surface area contributed by atoms with Gasteiger partial charge < -0.3 is 10.1 Å². The van der Waals surface area contributed by atoms with Crippen molar-refractivity contribution in [1.82, 2.24) is 5.32 Å². The quantitative estimate of drug-likeness (QED) is 0.773. The Bertz CT molecular complexity index is 556. The standard InChI is InChI=1S/C14H15Br2NOS/c1-17-12(8-14-11(16)5-6-19-14)10-4-3-9(15)7-13(10)18-2/h3-7,12,17H,8H2,1-2H3. The van der Waals surface area contributed by atoms with E-state index in [9.17, 15) is 0 Å². The van der Waals surface area contributed by atoms with E-state index in [-0.39, 0.29) is 6.04 Å². The van der Waals surface area contributed by atoms with Crippen LogP contribution in [0, 0.1) is 0 Å². The van der Waals surface area contributed by atoms with Gasteiger partial charge in [0.15, 0.2) is 0 Å². The third kappa shape index (κ3) is 3.60. The predicted molar refractivity (Wildman–Crippen MR) is 88.2 cm³/mol. The van der Waals surface area contributed by atoms with Gasteiger partial charge in [-0.1, -0.05) is 22.0 Å². The first-order chi connectivity index (χ1) is 9.15. The zero-order valence-electron chi connectivity index (χ0n) is 10.7. The highest BCUT2D eigenvalue weighted by molar-refractivity contribution is 9.10. The first-order valence-electron chi connectivity index (χ1n) is 5.88. The van der Waals surface area contributed by atoms with Crippen molar-refractivity contribution in [2.24, 2.45) is 0 Å². The molecule has 1 atom stereocenters. The highest BCUT2D eigenvalue weighted by atomic mass is 79.9. The molecule has 1 heterocycles. The Balaban J connectivity index is 2.29. The number of likely N-dealkylation sites (N-methyl/N-ethyl adjacent to an activating group) is 1. The molecule has 1 aromatic heterocycles. The minimum atomic E-state index is 0.234. The van der Waals surface area contributed by atoms with Crippen LogP contribution in [0.3, 0.4) is 0 Å². The summed E-state index contributed by atoms with van der Waals surface area (Å²) in [5.74, 6) is 0.904. The van der Waals surface area contributed by atoms with E-state index in [0.717, 1.165) is 16.6 Å². The van der Waals surface area contributed by atoms with Gasteiger partial charge in [-0.15, -0.1) is 11.3 Å². The molecule has 0 aliphatic carbocycles. The summed E-state index contributed by atoms with van der Waals surface area (Å²) in [4.78, 5) is 1.34. The molecular weight excluding hydrogens is 390 g/mol. The molecule has 2 rings (SSSR count). The van der Waals surface area contributed by atoms with E-state index < -0.39 is 0 Å². The van der Waals surface area contributed by atoms with E-state index in [1.807, 2.05) is 19.2 Å². The van der Waals surface area contributed by atoms with Crippen LogP contribution in [-0.2, 0) is 6.42 Å². The minimum absolute atomic E-state index is 0.234. The van der Waals surface area contributed by atoms with Gasteiger partial charge in [-0.3, -0.25) is 0 Å². The summed E-state index contributed by atoms with van der Waals surface area (Å²) in [7, 11) is 3.69. The van der Waals surface area contributed by atoms with Gasteiger partial charge >= 0.3 is 0 Å². The summed E-state index contributed by atoms with van der Waals surface area (Å²) >= 11 is 8.83. The van der Waals surface area contributed by atoms with Gasteiger partial charge in [0.2, 0.25) is 0 Å². The average molecular weight is 405 g/mol. The molecule has 5 heteroatoms. The second-order valence-electron chi connectivity index (χ2n) is 4.12. The third-order valence-electron chi connectivity index (χ3n) is 3.00. The van der Waals surface area contributed by atoms with Crippen LogP contribution in [0.2, 0.25) is 0 Å². The molecule has 2 aromatic rings. The Morgan fingerprint density at radius 1 is 1.32 bits per heavy atom. The number of thiophene rings is 1. The molecule has 1 unspecified atom stereocenters. The molecule has 0 aliphatic heterocycles. The molecule has 0 bridgehead atoms. The molecule has 0 fully saturated rings. The van der Waals surface area contributed by atoms with E-state index in [4.69, 9.17) is 4.74 Å². The lowest BCUT2D eigenvalue weighted by atomic mass is 10.0. The van der Waals surface area contributed by atoms with Gasteiger partial charge in [-0.25, -0.2) is 0 Å². The van der Waals surface area contributed by atoms with Crippen molar-refractivity contribution < 1.29 is 4.74 Å². The van der Waals surface area contributed by atoms with Crippen molar-refractivity contribution in [3.05, 3.63) is 49.0 Å². The Labute approximate surface area is 134 Å². The highest BCUT2D eigenvalue weighted by Crippen LogP contribution is 2.33. The Kier molecular flexibility index (Phi) is 5.45. The molecule has 0 spiro atoms. The molecule has 0 radical (unpaired) electrons. The summed E-state index contributed by atoms with van der Waals surface area (Å²) in [5, 5.41) is 5.47. The fourth-order valence-corrected chi connectivity index (χ4v) is 3.90. The Morgan fingerprint density at radius 2 is 2.11 bits per heavy atom. The maximum Gasteiger partial charge on any atom is 0.124 e. The van der Waals surface area contributed by atoms with Crippen LogP contribution < -0.4 is 10.1 Å². The van der Waals surface area contributed by atoms with Gasteiger partial charge in [-0.2, -0.15) is 0 Å². The fourth-order valence-electron chi connectivity index (χ4n) is 2.00. The van der Waals surface area contributed by atoms with Gasteiger partial charge in [0.25, 0.3) is 0 Å². The largest absolute Gasteiger partial charge is 0.496 e. The van der Waals surface area contributed by atoms with E-state index in [0.29, 0.717) is 0 Å². The summed E-state index contributed by atoms with van der Waals surface area (Å²) in [6.45, 7) is 0. The molecule has 0 saturated carbocycles. The molecule has 19 heavy (non-hydrogen) atoms. The van der Waals surface area contributed by atoms with Crippen LogP contribution in [-0.4, -0.2) is 14.2 Å². The Hall–Kier alpha value is -0.360. The minimum Gasteiger partial charge on any atom is -0.496 e. The molecular formula is C14H15Br2NOS. The lowest BCUT2D eigenvalue weighted by molar-refractivity contribution is 0.401. The van der Waals surface area contributed by atoms with Crippen LogP contribution in [0.25, 0.3) is 0 Å². The van der Waals surface area contributed by atoms with Gasteiger partial charge in [0.05, 0.1) is 7.11 Å². The smallest absolute Gasteiger partial charge is 0.124 e. The van der Waals surface area contributed by atoms with Gasteiger partial charge in [0.1, 0.15) is 5.75 Å². The lowest BCUT2D eigenvalue weighted by Crippen LogP contribution is -2.19. The summed E-state index contributed by atoms with van der Waals surface area (Å²) in [5.41, 5.74) is 1.17. The first kappa shape index (κ1) is 15.0. The normalized spacial score (nSPS) is 12.4. The van der Waals surface area contributed by atoms with Crippen LogP contribution in [0.4, 0.5) is 0 Å². The second kappa shape index (κ2) is 6.88. The monoisotopic (exact) mass is 403 g/mol. The van der Waals surface area contributed by atoms with Gasteiger partial charge in [-0.05, 0) is 46.6 Å². The van der Waals surface area contributed by atoms with Crippen LogP contribution in [0.15, 0.2) is 38.6 Å². The summed E-state index contributed by atoms with van der Waals surface area (Å²) in [6, 6.07) is 8.48. The predicted octanol–water partition coefficient (Wildman–Crippen LogP) is 4.78. The maximum absolute atomic E-state index is 5.48. The molecule has 0 amide bonds. The van der Waals surface area contributed by atoms with Crippen molar-refractivity contribution in [2.45, 2.75) is 12.5 Å². The number of halogens is 2.